The normalized spacial score (nSPS) is 25.8. The Morgan fingerprint density at radius 3 is 2.44 bits per heavy atom. The van der Waals surface area contributed by atoms with Gasteiger partial charge in [-0.15, -0.1) is 11.8 Å². The van der Waals surface area contributed by atoms with E-state index in [1.807, 2.05) is 4.90 Å². The maximum Gasteiger partial charge on any atom is 0.321 e. The third kappa shape index (κ3) is 4.17. The molecular formula is C12H22N2O3S. The van der Waals surface area contributed by atoms with E-state index in [4.69, 9.17) is 10.8 Å². The monoisotopic (exact) mass is 274 g/mol. The van der Waals surface area contributed by atoms with E-state index in [9.17, 15) is 9.59 Å². The average Bonchev–Trinajstić information content (AvgIpc) is 2.28. The molecule has 0 aromatic heterocycles. The molecule has 3 atom stereocenters. The number of hydrogen-bond donors (Lipinski definition) is 2. The first-order valence-electron chi connectivity index (χ1n) is 6.30. The lowest BCUT2D eigenvalue weighted by Gasteiger charge is -2.39. The van der Waals surface area contributed by atoms with E-state index >= 15 is 0 Å². The number of nitrogens with two attached hydrogens (primary N) is 1. The van der Waals surface area contributed by atoms with Gasteiger partial charge in [-0.25, -0.2) is 0 Å². The molecule has 104 valence electrons. The van der Waals surface area contributed by atoms with Crippen molar-refractivity contribution in [3.8, 4) is 0 Å². The smallest absolute Gasteiger partial charge is 0.321 e. The van der Waals surface area contributed by atoms with Crippen molar-refractivity contribution in [2.75, 3.05) is 11.5 Å². The summed E-state index contributed by atoms with van der Waals surface area (Å²) in [5.41, 5.74) is 5.39. The van der Waals surface area contributed by atoms with Gasteiger partial charge in [0.2, 0.25) is 5.91 Å². The molecule has 0 aliphatic carbocycles. The minimum atomic E-state index is -1.02. The number of likely N-dealkylation sites (tertiary alicyclic amines) is 1. The molecule has 0 saturated carbocycles. The van der Waals surface area contributed by atoms with Gasteiger partial charge in [-0.2, -0.15) is 0 Å². The van der Waals surface area contributed by atoms with Crippen molar-refractivity contribution in [2.45, 2.75) is 51.2 Å². The summed E-state index contributed by atoms with van der Waals surface area (Å²) in [5, 5.41) is 8.65. The van der Waals surface area contributed by atoms with Gasteiger partial charge in [-0.3, -0.25) is 9.59 Å². The fourth-order valence-corrected chi connectivity index (χ4v) is 3.17. The third-order valence-electron chi connectivity index (χ3n) is 3.32. The molecule has 1 amide bonds. The zero-order chi connectivity index (χ0) is 13.7. The molecule has 3 N–H and O–H groups in total. The predicted octanol–water partition coefficient (Wildman–Crippen LogP) is 0.921. The number of thioether (sulfide) groups is 1. The lowest BCUT2D eigenvalue weighted by Crippen LogP contribution is -2.48. The molecule has 3 unspecified atom stereocenters. The first kappa shape index (κ1) is 15.3. The van der Waals surface area contributed by atoms with Crippen LogP contribution in [0, 0.1) is 0 Å². The van der Waals surface area contributed by atoms with Gasteiger partial charge in [0.25, 0.3) is 0 Å². The number of rotatable bonds is 5. The molecule has 5 nitrogen and oxygen atoms in total. The summed E-state index contributed by atoms with van der Waals surface area (Å²) in [5.74, 6) is -0.334. The van der Waals surface area contributed by atoms with Gasteiger partial charge >= 0.3 is 5.97 Å². The van der Waals surface area contributed by atoms with Crippen LogP contribution in [0.4, 0.5) is 0 Å². The van der Waals surface area contributed by atoms with Crippen molar-refractivity contribution < 1.29 is 14.7 Å². The maximum atomic E-state index is 12.1. The number of amides is 1. The zero-order valence-corrected chi connectivity index (χ0v) is 11.8. The van der Waals surface area contributed by atoms with E-state index in [1.54, 1.807) is 0 Å². The number of hydrogen-bond acceptors (Lipinski definition) is 4. The Bertz CT molecular complexity index is 302. The highest BCUT2D eigenvalue weighted by molar-refractivity contribution is 8.00. The fraction of sp³-hybridized carbons (Fsp3) is 0.833. The van der Waals surface area contributed by atoms with Crippen molar-refractivity contribution in [3.63, 3.8) is 0 Å². The van der Waals surface area contributed by atoms with E-state index in [1.165, 1.54) is 18.2 Å². The van der Waals surface area contributed by atoms with Crippen LogP contribution in [0.15, 0.2) is 0 Å². The van der Waals surface area contributed by atoms with Crippen molar-refractivity contribution in [1.82, 2.24) is 4.90 Å². The average molecular weight is 274 g/mol. The zero-order valence-electron chi connectivity index (χ0n) is 11.0. The molecular weight excluding hydrogens is 252 g/mol. The van der Waals surface area contributed by atoms with Crippen LogP contribution < -0.4 is 5.73 Å². The van der Waals surface area contributed by atoms with Crippen LogP contribution in [0.1, 0.15) is 33.1 Å². The van der Waals surface area contributed by atoms with E-state index in [0.717, 1.165) is 12.8 Å². The topological polar surface area (TPSA) is 83.6 Å². The van der Waals surface area contributed by atoms with Gasteiger partial charge in [0.05, 0.1) is 5.75 Å². The molecule has 0 aromatic carbocycles. The van der Waals surface area contributed by atoms with E-state index in [0.29, 0.717) is 5.75 Å². The van der Waals surface area contributed by atoms with Crippen LogP contribution in [-0.4, -0.2) is 51.5 Å². The van der Waals surface area contributed by atoms with Crippen molar-refractivity contribution >= 4 is 23.6 Å². The van der Waals surface area contributed by atoms with Gasteiger partial charge in [0, 0.05) is 17.8 Å². The molecule has 1 rings (SSSR count). The molecule has 1 heterocycles. The van der Waals surface area contributed by atoms with Gasteiger partial charge in [0.15, 0.2) is 0 Å². The van der Waals surface area contributed by atoms with Gasteiger partial charge < -0.3 is 15.7 Å². The van der Waals surface area contributed by atoms with Crippen molar-refractivity contribution in [1.29, 1.82) is 0 Å². The molecule has 1 aliphatic rings. The minimum absolute atomic E-state index is 0.0947. The SMILES string of the molecule is CC1CCCC(C)N1C(=O)CSCC(N)C(=O)O. The Morgan fingerprint density at radius 1 is 1.39 bits per heavy atom. The fourth-order valence-electron chi connectivity index (χ4n) is 2.33. The summed E-state index contributed by atoms with van der Waals surface area (Å²) in [6.07, 6.45) is 3.27. The quantitative estimate of drug-likeness (QED) is 0.779. The molecule has 0 spiro atoms. The second-order valence-corrected chi connectivity index (χ2v) is 5.92. The minimum Gasteiger partial charge on any atom is -0.480 e. The maximum absolute atomic E-state index is 12.1. The number of carbonyl (C=O) groups excluding carboxylic acids is 1. The first-order valence-corrected chi connectivity index (χ1v) is 7.46. The van der Waals surface area contributed by atoms with Crippen LogP contribution in [-0.2, 0) is 9.59 Å². The van der Waals surface area contributed by atoms with Crippen LogP contribution in [0.25, 0.3) is 0 Å². The third-order valence-corrected chi connectivity index (χ3v) is 4.37. The highest BCUT2D eigenvalue weighted by atomic mass is 32.2. The summed E-state index contributed by atoms with van der Waals surface area (Å²) in [7, 11) is 0. The standard InChI is InChI=1S/C12H22N2O3S/c1-8-4-3-5-9(2)14(8)11(15)7-18-6-10(13)12(16)17/h8-10H,3-7,13H2,1-2H3,(H,16,17). The number of carboxylic acids is 1. The predicted molar refractivity (Wildman–Crippen MR) is 72.6 cm³/mol. The largest absolute Gasteiger partial charge is 0.480 e. The second-order valence-electron chi connectivity index (χ2n) is 4.89. The Hall–Kier alpha value is -0.750. The molecule has 6 heteroatoms. The number of carbonyl (C=O) groups is 2. The van der Waals surface area contributed by atoms with Crippen molar-refractivity contribution in [2.24, 2.45) is 5.73 Å². The summed E-state index contributed by atoms with van der Waals surface area (Å²) < 4.78 is 0. The highest BCUT2D eigenvalue weighted by Gasteiger charge is 2.28. The van der Waals surface area contributed by atoms with E-state index in [2.05, 4.69) is 13.8 Å². The van der Waals surface area contributed by atoms with Crippen LogP contribution in [0.2, 0.25) is 0 Å². The molecule has 1 fully saturated rings. The van der Waals surface area contributed by atoms with E-state index < -0.39 is 12.0 Å². The Kier molecular flexibility index (Phi) is 5.95. The summed E-state index contributed by atoms with van der Waals surface area (Å²) in [6, 6.07) is -0.316. The van der Waals surface area contributed by atoms with Crippen LogP contribution in [0.5, 0.6) is 0 Å². The summed E-state index contributed by atoms with van der Waals surface area (Å²) >= 11 is 1.30. The second kappa shape index (κ2) is 6.99. The van der Waals surface area contributed by atoms with Gasteiger partial charge in [-0.1, -0.05) is 0 Å². The molecule has 0 aromatic rings. The van der Waals surface area contributed by atoms with Crippen LogP contribution in [0.3, 0.4) is 0 Å². The Balaban J connectivity index is 2.37. The number of piperidine rings is 1. The lowest BCUT2D eigenvalue weighted by molar-refractivity contribution is -0.138. The lowest BCUT2D eigenvalue weighted by atomic mass is 9.98. The van der Waals surface area contributed by atoms with Gasteiger partial charge in [0.1, 0.15) is 6.04 Å². The van der Waals surface area contributed by atoms with Gasteiger partial charge in [-0.05, 0) is 33.1 Å². The number of nitrogens with zero attached hydrogens (tertiary/aromatic N) is 1. The molecule has 0 bridgehead atoms. The number of carboxylic acid groups (broad SMARTS) is 1. The molecule has 1 aliphatic heterocycles. The van der Waals surface area contributed by atoms with E-state index in [-0.39, 0.29) is 23.7 Å². The highest BCUT2D eigenvalue weighted by Crippen LogP contribution is 2.23. The molecule has 0 radical (unpaired) electrons. The summed E-state index contributed by atoms with van der Waals surface area (Å²) in [6.45, 7) is 4.14. The number of aliphatic carboxylic acids is 1. The first-order chi connectivity index (χ1) is 8.43. The Labute approximate surface area is 112 Å². The van der Waals surface area contributed by atoms with Crippen LogP contribution >= 0.6 is 11.8 Å². The summed E-state index contributed by atoms with van der Waals surface area (Å²) in [4.78, 5) is 24.6. The van der Waals surface area contributed by atoms with Crippen molar-refractivity contribution in [3.05, 3.63) is 0 Å². The molecule has 1 saturated heterocycles. The molecule has 18 heavy (non-hydrogen) atoms. The Morgan fingerprint density at radius 2 is 1.94 bits per heavy atom.